The summed E-state index contributed by atoms with van der Waals surface area (Å²) in [7, 11) is 2.06. The van der Waals surface area contributed by atoms with Crippen molar-refractivity contribution in [2.45, 2.75) is 33.4 Å². The summed E-state index contributed by atoms with van der Waals surface area (Å²) in [5.41, 5.74) is 5.41. The summed E-state index contributed by atoms with van der Waals surface area (Å²) in [5, 5.41) is 5.45. The average molecular weight is 360 g/mol. The molecule has 1 aromatic carbocycles. The summed E-state index contributed by atoms with van der Waals surface area (Å²) >= 11 is 0. The fourth-order valence-electron chi connectivity index (χ4n) is 3.31. The first-order valence-electron chi connectivity index (χ1n) is 9.16. The van der Waals surface area contributed by atoms with E-state index in [1.165, 1.54) is 11.1 Å². The lowest BCUT2D eigenvalue weighted by molar-refractivity contribution is 0.532. The summed E-state index contributed by atoms with van der Waals surface area (Å²) in [6.07, 6.45) is 5.55. The lowest BCUT2D eigenvalue weighted by Gasteiger charge is -2.19. The number of benzene rings is 1. The maximum absolute atomic E-state index is 4.54. The van der Waals surface area contributed by atoms with Crippen LogP contribution in [-0.4, -0.2) is 31.8 Å². The Kier molecular flexibility index (Phi) is 4.39. The Labute approximate surface area is 158 Å². The minimum atomic E-state index is 0.332. The van der Waals surface area contributed by atoms with Crippen molar-refractivity contribution in [2.24, 2.45) is 0 Å². The van der Waals surface area contributed by atoms with Crippen LogP contribution in [-0.2, 0) is 6.54 Å². The number of hydrogen-bond donors (Lipinski definition) is 1. The van der Waals surface area contributed by atoms with E-state index in [2.05, 4.69) is 89.3 Å². The maximum atomic E-state index is 4.54. The molecule has 0 aliphatic carbocycles. The van der Waals surface area contributed by atoms with E-state index in [1.807, 2.05) is 10.9 Å². The van der Waals surface area contributed by atoms with Crippen LogP contribution in [0.15, 0.2) is 49.1 Å². The standard InChI is InChI=1S/C21H24N6/c1-14(2)27-12-17(10-24-27)19-9-18-20(25-19)22-13-23-21(18)26(4)11-16-7-5-6-15(3)8-16/h5-10,12-14H,11H2,1-4H3,(H,22,23,25). The molecule has 0 atom stereocenters. The first kappa shape index (κ1) is 17.3. The van der Waals surface area contributed by atoms with E-state index in [1.54, 1.807) is 6.33 Å². The number of nitrogens with one attached hydrogen (secondary N) is 1. The third-order valence-electron chi connectivity index (χ3n) is 4.71. The topological polar surface area (TPSA) is 62.6 Å². The van der Waals surface area contributed by atoms with Crippen LogP contribution >= 0.6 is 0 Å². The van der Waals surface area contributed by atoms with Crippen LogP contribution in [0.5, 0.6) is 0 Å². The van der Waals surface area contributed by atoms with Crippen molar-refractivity contribution in [3.8, 4) is 11.3 Å². The van der Waals surface area contributed by atoms with Crippen LogP contribution in [0.1, 0.15) is 31.0 Å². The summed E-state index contributed by atoms with van der Waals surface area (Å²) in [5.74, 6) is 0.917. The number of aromatic amines is 1. The quantitative estimate of drug-likeness (QED) is 0.575. The molecule has 0 saturated heterocycles. The molecule has 4 aromatic rings. The van der Waals surface area contributed by atoms with E-state index >= 15 is 0 Å². The van der Waals surface area contributed by atoms with Crippen LogP contribution in [0.4, 0.5) is 5.82 Å². The van der Waals surface area contributed by atoms with Gasteiger partial charge >= 0.3 is 0 Å². The Balaban J connectivity index is 1.68. The van der Waals surface area contributed by atoms with Crippen molar-refractivity contribution in [2.75, 3.05) is 11.9 Å². The molecule has 138 valence electrons. The molecule has 0 bridgehead atoms. The van der Waals surface area contributed by atoms with Gasteiger partial charge in [-0.2, -0.15) is 5.10 Å². The Hall–Kier alpha value is -3.15. The van der Waals surface area contributed by atoms with E-state index in [0.717, 1.165) is 34.7 Å². The van der Waals surface area contributed by atoms with Gasteiger partial charge in [-0.3, -0.25) is 4.68 Å². The van der Waals surface area contributed by atoms with Crippen molar-refractivity contribution in [1.29, 1.82) is 0 Å². The number of aryl methyl sites for hydroxylation is 1. The van der Waals surface area contributed by atoms with Gasteiger partial charge in [-0.05, 0) is 32.4 Å². The van der Waals surface area contributed by atoms with E-state index in [0.29, 0.717) is 6.04 Å². The normalized spacial score (nSPS) is 11.4. The first-order chi connectivity index (χ1) is 13.0. The number of fused-ring (bicyclic) bond motifs is 1. The van der Waals surface area contributed by atoms with Crippen LogP contribution in [0.25, 0.3) is 22.3 Å². The predicted octanol–water partition coefficient (Wildman–Crippen LogP) is 4.35. The first-order valence-corrected chi connectivity index (χ1v) is 9.16. The molecular weight excluding hydrogens is 336 g/mol. The van der Waals surface area contributed by atoms with Gasteiger partial charge in [-0.15, -0.1) is 0 Å². The second-order valence-electron chi connectivity index (χ2n) is 7.29. The minimum Gasteiger partial charge on any atom is -0.355 e. The molecule has 1 N–H and O–H groups in total. The van der Waals surface area contributed by atoms with Crippen LogP contribution < -0.4 is 4.90 Å². The SMILES string of the molecule is Cc1cccc(CN(C)c2ncnc3[nH]c(-c4cnn(C(C)C)c4)cc23)c1. The van der Waals surface area contributed by atoms with E-state index in [-0.39, 0.29) is 0 Å². The van der Waals surface area contributed by atoms with E-state index in [9.17, 15) is 0 Å². The number of anilines is 1. The van der Waals surface area contributed by atoms with Crippen LogP contribution in [0.3, 0.4) is 0 Å². The number of aromatic nitrogens is 5. The molecule has 0 fully saturated rings. The van der Waals surface area contributed by atoms with Gasteiger partial charge in [-0.25, -0.2) is 9.97 Å². The fourth-order valence-corrected chi connectivity index (χ4v) is 3.31. The van der Waals surface area contributed by atoms with Crippen molar-refractivity contribution in [1.82, 2.24) is 24.7 Å². The second-order valence-corrected chi connectivity index (χ2v) is 7.29. The van der Waals surface area contributed by atoms with Gasteiger partial charge in [0.15, 0.2) is 0 Å². The molecule has 6 nitrogen and oxygen atoms in total. The Morgan fingerprint density at radius 2 is 2.04 bits per heavy atom. The maximum Gasteiger partial charge on any atom is 0.143 e. The molecule has 6 heteroatoms. The molecule has 0 spiro atoms. The molecule has 27 heavy (non-hydrogen) atoms. The van der Waals surface area contributed by atoms with Crippen molar-refractivity contribution in [3.63, 3.8) is 0 Å². The Morgan fingerprint density at radius 1 is 1.19 bits per heavy atom. The fraction of sp³-hybridized carbons (Fsp3) is 0.286. The van der Waals surface area contributed by atoms with Crippen molar-refractivity contribution < 1.29 is 0 Å². The van der Waals surface area contributed by atoms with E-state index in [4.69, 9.17) is 0 Å². The molecule has 4 rings (SSSR count). The van der Waals surface area contributed by atoms with Crippen molar-refractivity contribution in [3.05, 3.63) is 60.2 Å². The highest BCUT2D eigenvalue weighted by Crippen LogP contribution is 2.29. The third kappa shape index (κ3) is 3.43. The predicted molar refractivity (Wildman–Crippen MR) is 109 cm³/mol. The highest BCUT2D eigenvalue weighted by Gasteiger charge is 2.14. The van der Waals surface area contributed by atoms with E-state index < -0.39 is 0 Å². The molecule has 3 aromatic heterocycles. The smallest absolute Gasteiger partial charge is 0.143 e. The Morgan fingerprint density at radius 3 is 2.78 bits per heavy atom. The molecule has 0 unspecified atom stereocenters. The zero-order chi connectivity index (χ0) is 19.0. The molecule has 0 amide bonds. The minimum absolute atomic E-state index is 0.332. The zero-order valence-electron chi connectivity index (χ0n) is 16.1. The molecular formula is C21H24N6. The van der Waals surface area contributed by atoms with Gasteiger partial charge in [-0.1, -0.05) is 29.8 Å². The second kappa shape index (κ2) is 6.87. The zero-order valence-corrected chi connectivity index (χ0v) is 16.1. The monoisotopic (exact) mass is 360 g/mol. The van der Waals surface area contributed by atoms with Crippen LogP contribution in [0, 0.1) is 6.92 Å². The molecule has 0 aliphatic rings. The van der Waals surface area contributed by atoms with Crippen molar-refractivity contribution >= 4 is 16.9 Å². The average Bonchev–Trinajstić information content (AvgIpc) is 3.28. The lowest BCUT2D eigenvalue weighted by atomic mass is 10.1. The molecule has 3 heterocycles. The lowest BCUT2D eigenvalue weighted by Crippen LogP contribution is -2.18. The summed E-state index contributed by atoms with van der Waals surface area (Å²) in [4.78, 5) is 14.5. The third-order valence-corrected chi connectivity index (χ3v) is 4.71. The van der Waals surface area contributed by atoms with Gasteiger partial charge in [0.2, 0.25) is 0 Å². The molecule has 0 radical (unpaired) electrons. The molecule has 0 saturated carbocycles. The number of H-pyrrole nitrogens is 1. The van der Waals surface area contributed by atoms with Gasteiger partial charge in [0.25, 0.3) is 0 Å². The number of nitrogens with zero attached hydrogens (tertiary/aromatic N) is 5. The summed E-state index contributed by atoms with van der Waals surface area (Å²) < 4.78 is 1.96. The largest absolute Gasteiger partial charge is 0.355 e. The van der Waals surface area contributed by atoms with Gasteiger partial charge < -0.3 is 9.88 Å². The molecule has 0 aliphatic heterocycles. The number of rotatable bonds is 5. The number of hydrogen-bond acceptors (Lipinski definition) is 4. The summed E-state index contributed by atoms with van der Waals surface area (Å²) in [6, 6.07) is 11.0. The van der Waals surface area contributed by atoms with Crippen LogP contribution in [0.2, 0.25) is 0 Å². The van der Waals surface area contributed by atoms with Gasteiger partial charge in [0.1, 0.15) is 17.8 Å². The highest BCUT2D eigenvalue weighted by atomic mass is 15.3. The Bertz CT molecular complexity index is 1080. The highest BCUT2D eigenvalue weighted by molar-refractivity contribution is 5.91. The summed E-state index contributed by atoms with van der Waals surface area (Å²) in [6.45, 7) is 7.14. The van der Waals surface area contributed by atoms with Gasteiger partial charge in [0, 0.05) is 31.4 Å². The van der Waals surface area contributed by atoms with Gasteiger partial charge in [0.05, 0.1) is 17.3 Å².